The Morgan fingerprint density at radius 3 is 2.40 bits per heavy atom. The number of benzene rings is 1. The Morgan fingerprint density at radius 1 is 1.35 bits per heavy atom. The van der Waals surface area contributed by atoms with Crippen molar-refractivity contribution in [2.45, 2.75) is 19.1 Å². The number of hydrogen-bond donors (Lipinski definition) is 0. The van der Waals surface area contributed by atoms with Crippen LogP contribution in [0.2, 0.25) is 0 Å². The maximum Gasteiger partial charge on any atom is 0.269 e. The molecule has 0 aliphatic rings. The molecule has 0 unspecified atom stereocenters. The van der Waals surface area contributed by atoms with Crippen molar-refractivity contribution < 1.29 is 13.3 Å². The van der Waals surface area contributed by atoms with Gasteiger partial charge in [-0.3, -0.25) is 10.1 Å². The highest BCUT2D eigenvalue weighted by Gasteiger charge is 2.21. The molecule has 0 saturated heterocycles. The molecule has 108 valence electrons. The van der Waals surface area contributed by atoms with E-state index in [1.807, 2.05) is 13.0 Å². The SMILES string of the molecule is CCCN(CC#N)S(=O)(=O)Cc1ccc([N+](=O)[O-])cc1. The van der Waals surface area contributed by atoms with Gasteiger partial charge >= 0.3 is 0 Å². The summed E-state index contributed by atoms with van der Waals surface area (Å²) in [5.74, 6) is -0.271. The third-order valence-corrected chi connectivity index (χ3v) is 4.41. The van der Waals surface area contributed by atoms with Gasteiger partial charge in [0.1, 0.15) is 6.54 Å². The third-order valence-electron chi connectivity index (χ3n) is 2.61. The predicted octanol–water partition coefficient (Wildman–Crippen LogP) is 1.66. The van der Waals surface area contributed by atoms with E-state index in [1.54, 1.807) is 0 Å². The summed E-state index contributed by atoms with van der Waals surface area (Å²) in [7, 11) is -3.59. The number of nitro groups is 1. The first-order chi connectivity index (χ1) is 9.40. The summed E-state index contributed by atoms with van der Waals surface area (Å²) in [6.07, 6.45) is 0.612. The molecule has 0 fully saturated rings. The van der Waals surface area contributed by atoms with Crippen LogP contribution in [-0.4, -0.2) is 30.7 Å². The number of non-ortho nitro benzene ring substituents is 1. The van der Waals surface area contributed by atoms with Gasteiger partial charge in [-0.05, 0) is 12.0 Å². The van der Waals surface area contributed by atoms with Gasteiger partial charge in [-0.25, -0.2) is 8.42 Å². The maximum atomic E-state index is 12.1. The van der Waals surface area contributed by atoms with Gasteiger partial charge in [-0.2, -0.15) is 9.57 Å². The lowest BCUT2D eigenvalue weighted by Crippen LogP contribution is -2.33. The molecule has 0 aliphatic heterocycles. The first kappa shape index (κ1) is 16.1. The lowest BCUT2D eigenvalue weighted by Gasteiger charge is -2.18. The summed E-state index contributed by atoms with van der Waals surface area (Å²) in [4.78, 5) is 9.97. The molecule has 0 N–H and O–H groups in total. The molecular weight excluding hydrogens is 282 g/mol. The molecule has 7 nitrogen and oxygen atoms in total. The van der Waals surface area contributed by atoms with E-state index in [2.05, 4.69) is 0 Å². The van der Waals surface area contributed by atoms with E-state index in [9.17, 15) is 18.5 Å². The van der Waals surface area contributed by atoms with Crippen LogP contribution < -0.4 is 0 Å². The summed E-state index contributed by atoms with van der Waals surface area (Å²) >= 11 is 0. The van der Waals surface area contributed by atoms with Crippen LogP contribution in [0.25, 0.3) is 0 Å². The fourth-order valence-corrected chi connectivity index (χ4v) is 3.17. The summed E-state index contributed by atoms with van der Waals surface area (Å²) < 4.78 is 25.4. The molecule has 0 atom stereocenters. The summed E-state index contributed by atoms with van der Waals surface area (Å²) in [6, 6.07) is 7.17. The molecule has 1 aromatic carbocycles. The fraction of sp³-hybridized carbons (Fsp3) is 0.417. The second-order valence-electron chi connectivity index (χ2n) is 4.17. The van der Waals surface area contributed by atoms with E-state index in [-0.39, 0.29) is 24.5 Å². The van der Waals surface area contributed by atoms with Gasteiger partial charge < -0.3 is 0 Å². The molecule has 0 aliphatic carbocycles. The van der Waals surface area contributed by atoms with Gasteiger partial charge in [0.05, 0.1) is 16.7 Å². The lowest BCUT2D eigenvalue weighted by atomic mass is 10.2. The first-order valence-corrected chi connectivity index (χ1v) is 7.59. The van der Waals surface area contributed by atoms with E-state index >= 15 is 0 Å². The Labute approximate surface area is 117 Å². The number of rotatable bonds is 7. The van der Waals surface area contributed by atoms with Crippen molar-refractivity contribution in [2.24, 2.45) is 0 Å². The van der Waals surface area contributed by atoms with Crippen molar-refractivity contribution in [3.63, 3.8) is 0 Å². The molecule has 20 heavy (non-hydrogen) atoms. The summed E-state index contributed by atoms with van der Waals surface area (Å²) in [5.41, 5.74) is 0.364. The van der Waals surface area contributed by atoms with Crippen molar-refractivity contribution >= 4 is 15.7 Å². The van der Waals surface area contributed by atoms with Crippen molar-refractivity contribution in [3.8, 4) is 6.07 Å². The van der Waals surface area contributed by atoms with Gasteiger partial charge in [0, 0.05) is 18.7 Å². The Bertz CT molecular complexity index is 605. The quantitative estimate of drug-likeness (QED) is 0.432. The van der Waals surface area contributed by atoms with Crippen LogP contribution in [0.15, 0.2) is 24.3 Å². The zero-order valence-electron chi connectivity index (χ0n) is 11.0. The molecule has 0 spiro atoms. The summed E-state index contributed by atoms with van der Waals surface area (Å²) in [6.45, 7) is 1.91. The Balaban J connectivity index is 2.89. The van der Waals surface area contributed by atoms with Crippen LogP contribution in [0.1, 0.15) is 18.9 Å². The van der Waals surface area contributed by atoms with Crippen LogP contribution in [0.4, 0.5) is 5.69 Å². The number of nitriles is 1. The Hall–Kier alpha value is -1.98. The minimum atomic E-state index is -3.59. The van der Waals surface area contributed by atoms with Gasteiger partial charge in [0.25, 0.3) is 5.69 Å². The molecule has 0 heterocycles. The molecule has 0 radical (unpaired) electrons. The molecule has 0 amide bonds. The van der Waals surface area contributed by atoms with E-state index < -0.39 is 14.9 Å². The van der Waals surface area contributed by atoms with Crippen LogP contribution in [0.3, 0.4) is 0 Å². The maximum absolute atomic E-state index is 12.1. The number of sulfonamides is 1. The number of nitrogens with zero attached hydrogens (tertiary/aromatic N) is 3. The van der Waals surface area contributed by atoms with Crippen LogP contribution >= 0.6 is 0 Å². The summed E-state index contributed by atoms with van der Waals surface area (Å²) in [5, 5.41) is 19.2. The van der Waals surface area contributed by atoms with Crippen LogP contribution in [-0.2, 0) is 15.8 Å². The molecule has 0 saturated carbocycles. The fourth-order valence-electron chi connectivity index (χ4n) is 1.66. The predicted molar refractivity (Wildman–Crippen MR) is 73.2 cm³/mol. The number of nitro benzene ring substituents is 1. The number of hydrogen-bond acceptors (Lipinski definition) is 5. The van der Waals surface area contributed by atoms with Crippen molar-refractivity contribution in [1.82, 2.24) is 4.31 Å². The van der Waals surface area contributed by atoms with E-state index in [0.717, 1.165) is 4.31 Å². The Morgan fingerprint density at radius 2 is 1.95 bits per heavy atom. The average molecular weight is 297 g/mol. The topological polar surface area (TPSA) is 104 Å². The normalized spacial score (nSPS) is 11.2. The molecule has 1 rings (SSSR count). The van der Waals surface area contributed by atoms with Crippen molar-refractivity contribution in [1.29, 1.82) is 5.26 Å². The van der Waals surface area contributed by atoms with Gasteiger partial charge in [0.2, 0.25) is 10.0 Å². The minimum absolute atomic E-state index is 0.0893. The molecule has 0 aromatic heterocycles. The Kier molecular flexibility index (Phi) is 5.61. The molecular formula is C12H15N3O4S. The second-order valence-corrected chi connectivity index (χ2v) is 6.14. The van der Waals surface area contributed by atoms with Crippen LogP contribution in [0.5, 0.6) is 0 Å². The van der Waals surface area contributed by atoms with E-state index in [4.69, 9.17) is 5.26 Å². The smallest absolute Gasteiger partial charge is 0.258 e. The highest BCUT2D eigenvalue weighted by Crippen LogP contribution is 2.16. The van der Waals surface area contributed by atoms with Gasteiger partial charge in [0.15, 0.2) is 0 Å². The minimum Gasteiger partial charge on any atom is -0.258 e. The standard InChI is InChI=1S/C12H15N3O4S/c1-2-8-14(9-7-13)20(18,19)10-11-3-5-12(6-4-11)15(16)17/h3-6H,2,8-10H2,1H3. The zero-order chi connectivity index (χ0) is 15.2. The van der Waals surface area contributed by atoms with Crippen molar-refractivity contribution in [2.75, 3.05) is 13.1 Å². The molecule has 0 bridgehead atoms. The van der Waals surface area contributed by atoms with Gasteiger partial charge in [-0.1, -0.05) is 19.1 Å². The van der Waals surface area contributed by atoms with Gasteiger partial charge in [-0.15, -0.1) is 0 Å². The van der Waals surface area contributed by atoms with E-state index in [1.165, 1.54) is 24.3 Å². The largest absolute Gasteiger partial charge is 0.269 e. The van der Waals surface area contributed by atoms with Crippen LogP contribution in [0, 0.1) is 21.4 Å². The average Bonchev–Trinajstić information content (AvgIpc) is 2.38. The first-order valence-electron chi connectivity index (χ1n) is 5.98. The zero-order valence-corrected chi connectivity index (χ0v) is 11.8. The highest BCUT2D eigenvalue weighted by molar-refractivity contribution is 7.88. The van der Waals surface area contributed by atoms with Crippen molar-refractivity contribution in [3.05, 3.63) is 39.9 Å². The third kappa shape index (κ3) is 4.29. The lowest BCUT2D eigenvalue weighted by molar-refractivity contribution is -0.384. The van der Waals surface area contributed by atoms with E-state index in [0.29, 0.717) is 12.0 Å². The molecule has 1 aromatic rings. The highest BCUT2D eigenvalue weighted by atomic mass is 32.2. The second kappa shape index (κ2) is 6.98. The molecule has 8 heteroatoms. The monoisotopic (exact) mass is 297 g/mol.